The van der Waals surface area contributed by atoms with Crippen molar-refractivity contribution in [2.24, 2.45) is 0 Å². The second-order valence-electron chi connectivity index (χ2n) is 5.12. The van der Waals surface area contributed by atoms with Crippen molar-refractivity contribution in [1.82, 2.24) is 14.9 Å². The third kappa shape index (κ3) is 2.69. The summed E-state index contributed by atoms with van der Waals surface area (Å²) in [6, 6.07) is 9.14. The predicted molar refractivity (Wildman–Crippen MR) is 78.5 cm³/mol. The molecule has 0 radical (unpaired) electrons. The molecule has 0 bridgehead atoms. The van der Waals surface area contributed by atoms with Gasteiger partial charge in [-0.1, -0.05) is 42.1 Å². The minimum absolute atomic E-state index is 0.170. The average Bonchev–Trinajstić information content (AvgIpc) is 2.88. The van der Waals surface area contributed by atoms with E-state index in [1.54, 1.807) is 0 Å². The van der Waals surface area contributed by atoms with Crippen LogP contribution in [0.5, 0.6) is 0 Å². The zero-order valence-corrected chi connectivity index (χ0v) is 12.0. The third-order valence-electron chi connectivity index (χ3n) is 3.90. The molecule has 1 aromatic heterocycles. The van der Waals surface area contributed by atoms with E-state index in [0.717, 1.165) is 18.2 Å². The molecule has 19 heavy (non-hydrogen) atoms. The lowest BCUT2D eigenvalue weighted by Crippen LogP contribution is -2.22. The highest BCUT2D eigenvalue weighted by molar-refractivity contribution is 7.03. The second kappa shape index (κ2) is 5.80. The summed E-state index contributed by atoms with van der Waals surface area (Å²) in [5, 5.41) is 9.76. The average molecular weight is 273 g/mol. The molecule has 0 amide bonds. The molecule has 1 aromatic carbocycles. The van der Waals surface area contributed by atoms with Gasteiger partial charge in [0.2, 0.25) is 0 Å². The van der Waals surface area contributed by atoms with Crippen LogP contribution in [0.25, 0.3) is 0 Å². The Morgan fingerprint density at radius 2 is 2.32 bits per heavy atom. The Bertz CT molecular complexity index is 520. The predicted octanol–water partition coefficient (Wildman–Crippen LogP) is 3.50. The minimum Gasteiger partial charge on any atom is -0.305 e. The van der Waals surface area contributed by atoms with E-state index in [9.17, 15) is 0 Å². The molecule has 1 aliphatic carbocycles. The van der Waals surface area contributed by atoms with Crippen molar-refractivity contribution in [3.8, 4) is 0 Å². The van der Waals surface area contributed by atoms with Crippen LogP contribution >= 0.6 is 11.5 Å². The standard InChI is InChI=1S/C15H19N3S/c1-2-16-15(14-10-19-18-17-14)13-8-4-7-12(9-13)11-5-3-6-11/h4,7-11,15-16H,2-3,5-6H2,1H3. The molecule has 3 nitrogen and oxygen atoms in total. The first-order valence-electron chi connectivity index (χ1n) is 6.98. The lowest BCUT2D eigenvalue weighted by Gasteiger charge is -2.27. The Kier molecular flexibility index (Phi) is 3.89. The summed E-state index contributed by atoms with van der Waals surface area (Å²) in [6.45, 7) is 3.05. The Hall–Kier alpha value is -1.26. The van der Waals surface area contributed by atoms with Crippen LogP contribution in [-0.2, 0) is 0 Å². The van der Waals surface area contributed by atoms with E-state index < -0.39 is 0 Å². The van der Waals surface area contributed by atoms with Crippen LogP contribution in [0.15, 0.2) is 29.6 Å². The van der Waals surface area contributed by atoms with Crippen LogP contribution in [0.3, 0.4) is 0 Å². The summed E-state index contributed by atoms with van der Waals surface area (Å²) in [4.78, 5) is 0. The molecule has 0 saturated heterocycles. The van der Waals surface area contributed by atoms with Gasteiger partial charge in [0, 0.05) is 5.38 Å². The van der Waals surface area contributed by atoms with Gasteiger partial charge in [-0.3, -0.25) is 0 Å². The molecule has 2 aromatic rings. The van der Waals surface area contributed by atoms with Gasteiger partial charge in [-0.05, 0) is 48.0 Å². The van der Waals surface area contributed by atoms with E-state index in [1.807, 2.05) is 5.38 Å². The normalized spacial score (nSPS) is 17.1. The highest BCUT2D eigenvalue weighted by Gasteiger charge is 2.21. The molecule has 1 heterocycles. The number of rotatable bonds is 5. The van der Waals surface area contributed by atoms with Crippen molar-refractivity contribution in [2.45, 2.75) is 38.1 Å². The molecule has 1 atom stereocenters. The first-order valence-corrected chi connectivity index (χ1v) is 7.82. The van der Waals surface area contributed by atoms with Gasteiger partial charge in [0.05, 0.1) is 11.7 Å². The van der Waals surface area contributed by atoms with Crippen LogP contribution in [0, 0.1) is 0 Å². The van der Waals surface area contributed by atoms with Gasteiger partial charge in [0.15, 0.2) is 0 Å². The fraction of sp³-hybridized carbons (Fsp3) is 0.467. The van der Waals surface area contributed by atoms with Gasteiger partial charge < -0.3 is 5.32 Å². The highest BCUT2D eigenvalue weighted by atomic mass is 32.1. The van der Waals surface area contributed by atoms with Gasteiger partial charge in [-0.15, -0.1) is 5.10 Å². The van der Waals surface area contributed by atoms with Crippen molar-refractivity contribution < 1.29 is 0 Å². The Morgan fingerprint density at radius 3 is 2.95 bits per heavy atom. The molecule has 1 fully saturated rings. The van der Waals surface area contributed by atoms with E-state index in [4.69, 9.17) is 0 Å². The molecule has 0 spiro atoms. The number of hydrogen-bond donors (Lipinski definition) is 1. The van der Waals surface area contributed by atoms with Gasteiger partial charge in [0.1, 0.15) is 0 Å². The summed E-state index contributed by atoms with van der Waals surface area (Å²) in [6.07, 6.45) is 4.06. The number of nitrogens with zero attached hydrogens (tertiary/aromatic N) is 2. The highest BCUT2D eigenvalue weighted by Crippen LogP contribution is 2.37. The van der Waals surface area contributed by atoms with Crippen LogP contribution < -0.4 is 5.32 Å². The molecule has 4 heteroatoms. The van der Waals surface area contributed by atoms with Crippen molar-refractivity contribution in [1.29, 1.82) is 0 Å². The number of hydrogen-bond acceptors (Lipinski definition) is 4. The molecule has 1 saturated carbocycles. The lowest BCUT2D eigenvalue weighted by atomic mass is 9.79. The van der Waals surface area contributed by atoms with Crippen LogP contribution in [0.4, 0.5) is 0 Å². The second-order valence-corrected chi connectivity index (χ2v) is 5.73. The molecule has 1 N–H and O–H groups in total. The largest absolute Gasteiger partial charge is 0.305 e. The molecular weight excluding hydrogens is 254 g/mol. The van der Waals surface area contributed by atoms with Crippen molar-refractivity contribution in [2.75, 3.05) is 6.54 Å². The smallest absolute Gasteiger partial charge is 0.0970 e. The zero-order valence-electron chi connectivity index (χ0n) is 11.2. The summed E-state index contributed by atoms with van der Waals surface area (Å²) in [5.74, 6) is 0.774. The summed E-state index contributed by atoms with van der Waals surface area (Å²) in [7, 11) is 0. The summed E-state index contributed by atoms with van der Waals surface area (Å²) >= 11 is 1.41. The number of aromatic nitrogens is 2. The van der Waals surface area contributed by atoms with Crippen LogP contribution in [-0.4, -0.2) is 16.1 Å². The van der Waals surface area contributed by atoms with E-state index in [1.165, 1.54) is 41.9 Å². The maximum absolute atomic E-state index is 4.23. The molecular formula is C15H19N3S. The maximum atomic E-state index is 4.23. The summed E-state index contributed by atoms with van der Waals surface area (Å²) < 4.78 is 3.99. The topological polar surface area (TPSA) is 37.8 Å². The Labute approximate surface area is 118 Å². The fourth-order valence-electron chi connectivity index (χ4n) is 2.63. The third-order valence-corrected chi connectivity index (χ3v) is 4.42. The molecule has 0 aliphatic heterocycles. The van der Waals surface area contributed by atoms with E-state index in [2.05, 4.69) is 46.1 Å². The minimum atomic E-state index is 0.170. The monoisotopic (exact) mass is 273 g/mol. The van der Waals surface area contributed by atoms with Gasteiger partial charge in [0.25, 0.3) is 0 Å². The SMILES string of the molecule is CCNC(c1cccc(C2CCC2)c1)c1csnn1. The Morgan fingerprint density at radius 1 is 1.42 bits per heavy atom. The van der Waals surface area contributed by atoms with Gasteiger partial charge in [-0.2, -0.15) is 0 Å². The maximum Gasteiger partial charge on any atom is 0.0970 e. The summed E-state index contributed by atoms with van der Waals surface area (Å²) in [5.41, 5.74) is 3.81. The Balaban J connectivity index is 1.89. The van der Waals surface area contributed by atoms with Gasteiger partial charge in [-0.25, -0.2) is 0 Å². The van der Waals surface area contributed by atoms with Crippen LogP contribution in [0.2, 0.25) is 0 Å². The molecule has 100 valence electrons. The number of benzene rings is 1. The number of nitrogens with one attached hydrogen (secondary N) is 1. The van der Waals surface area contributed by atoms with E-state index in [-0.39, 0.29) is 6.04 Å². The zero-order chi connectivity index (χ0) is 13.1. The van der Waals surface area contributed by atoms with E-state index in [0.29, 0.717) is 0 Å². The first kappa shape index (κ1) is 12.8. The first-order chi connectivity index (χ1) is 9.38. The molecule has 1 aliphatic rings. The van der Waals surface area contributed by atoms with Crippen molar-refractivity contribution >= 4 is 11.5 Å². The van der Waals surface area contributed by atoms with Crippen LogP contribution in [0.1, 0.15) is 55.0 Å². The molecule has 3 rings (SSSR count). The van der Waals surface area contributed by atoms with Gasteiger partial charge >= 0.3 is 0 Å². The molecule has 1 unspecified atom stereocenters. The fourth-order valence-corrected chi connectivity index (χ4v) is 3.11. The van der Waals surface area contributed by atoms with E-state index >= 15 is 0 Å². The lowest BCUT2D eigenvalue weighted by molar-refractivity contribution is 0.419. The van der Waals surface area contributed by atoms with Crippen molar-refractivity contribution in [3.05, 3.63) is 46.5 Å². The van der Waals surface area contributed by atoms with Crippen molar-refractivity contribution in [3.63, 3.8) is 0 Å². The quantitative estimate of drug-likeness (QED) is 0.906.